The third kappa shape index (κ3) is 2.74. The molecule has 3 nitrogen and oxygen atoms in total. The lowest BCUT2D eigenvalue weighted by Crippen LogP contribution is -2.28. The molecule has 0 aliphatic carbocycles. The van der Waals surface area contributed by atoms with Gasteiger partial charge in [0.2, 0.25) is 0 Å². The molecule has 0 aliphatic heterocycles. The van der Waals surface area contributed by atoms with E-state index in [0.717, 1.165) is 11.1 Å². The van der Waals surface area contributed by atoms with Crippen molar-refractivity contribution < 1.29 is 4.79 Å². The summed E-state index contributed by atoms with van der Waals surface area (Å²) in [5, 5.41) is 2.95. The Bertz CT molecular complexity index is 537. The summed E-state index contributed by atoms with van der Waals surface area (Å²) in [6.07, 6.45) is 1.63. The number of nitrogens with zero attached hydrogens (tertiary/aromatic N) is 1. The van der Waals surface area contributed by atoms with Crippen molar-refractivity contribution in [2.75, 3.05) is 0 Å². The maximum Gasteiger partial charge on any atom is 0.270 e. The molecule has 1 amide bonds. The SMILES string of the molecule is Cc1cccnc1C(=O)N[C@H](C)c1ccccc1. The molecule has 1 aromatic carbocycles. The summed E-state index contributed by atoms with van der Waals surface area (Å²) < 4.78 is 0. The predicted molar refractivity (Wildman–Crippen MR) is 71.3 cm³/mol. The van der Waals surface area contributed by atoms with Crippen LogP contribution in [0.5, 0.6) is 0 Å². The Labute approximate surface area is 107 Å². The summed E-state index contributed by atoms with van der Waals surface area (Å²) in [6, 6.07) is 13.6. The molecule has 92 valence electrons. The first kappa shape index (κ1) is 12.3. The van der Waals surface area contributed by atoms with E-state index in [4.69, 9.17) is 0 Å². The van der Waals surface area contributed by atoms with Crippen LogP contribution in [-0.4, -0.2) is 10.9 Å². The maximum absolute atomic E-state index is 12.1. The van der Waals surface area contributed by atoms with Gasteiger partial charge in [-0.15, -0.1) is 0 Å². The normalized spacial score (nSPS) is 11.9. The molecule has 1 aromatic heterocycles. The second-order valence-electron chi connectivity index (χ2n) is 4.27. The summed E-state index contributed by atoms with van der Waals surface area (Å²) in [4.78, 5) is 16.2. The van der Waals surface area contributed by atoms with Gasteiger partial charge in [0.25, 0.3) is 5.91 Å². The quantitative estimate of drug-likeness (QED) is 0.896. The van der Waals surface area contributed by atoms with Gasteiger partial charge in [-0.3, -0.25) is 9.78 Å². The zero-order chi connectivity index (χ0) is 13.0. The van der Waals surface area contributed by atoms with E-state index in [1.807, 2.05) is 56.3 Å². The molecule has 3 heteroatoms. The standard InChI is InChI=1S/C15H16N2O/c1-11-7-6-10-16-14(11)15(18)17-12(2)13-8-4-3-5-9-13/h3-10,12H,1-2H3,(H,17,18)/t12-/m1/s1. The van der Waals surface area contributed by atoms with Gasteiger partial charge in [0.1, 0.15) is 5.69 Å². The largest absolute Gasteiger partial charge is 0.344 e. The third-order valence-corrected chi connectivity index (χ3v) is 2.87. The molecule has 0 bridgehead atoms. The summed E-state index contributed by atoms with van der Waals surface area (Å²) in [6.45, 7) is 3.85. The van der Waals surface area contributed by atoms with Gasteiger partial charge in [-0.1, -0.05) is 36.4 Å². The number of carbonyl (C=O) groups is 1. The van der Waals surface area contributed by atoms with E-state index >= 15 is 0 Å². The van der Waals surface area contributed by atoms with Crippen molar-refractivity contribution in [1.82, 2.24) is 10.3 Å². The molecular weight excluding hydrogens is 224 g/mol. The zero-order valence-corrected chi connectivity index (χ0v) is 10.6. The number of hydrogen-bond donors (Lipinski definition) is 1. The van der Waals surface area contributed by atoms with Gasteiger partial charge in [0.15, 0.2) is 0 Å². The van der Waals surface area contributed by atoms with E-state index in [1.54, 1.807) is 6.20 Å². The molecule has 2 aromatic rings. The van der Waals surface area contributed by atoms with Crippen LogP contribution in [0.15, 0.2) is 48.7 Å². The highest BCUT2D eigenvalue weighted by Gasteiger charge is 2.13. The van der Waals surface area contributed by atoms with E-state index < -0.39 is 0 Å². The highest BCUT2D eigenvalue weighted by molar-refractivity contribution is 5.93. The molecule has 0 spiro atoms. The topological polar surface area (TPSA) is 42.0 Å². The van der Waals surface area contributed by atoms with E-state index in [-0.39, 0.29) is 11.9 Å². The van der Waals surface area contributed by atoms with Crippen LogP contribution in [-0.2, 0) is 0 Å². The minimum absolute atomic E-state index is 0.0277. The number of rotatable bonds is 3. The van der Waals surface area contributed by atoms with Crippen LogP contribution in [0, 0.1) is 6.92 Å². The van der Waals surface area contributed by atoms with Gasteiger partial charge in [0.05, 0.1) is 6.04 Å². The number of benzene rings is 1. The second-order valence-corrected chi connectivity index (χ2v) is 4.27. The van der Waals surface area contributed by atoms with Crippen molar-refractivity contribution in [3.05, 3.63) is 65.5 Å². The van der Waals surface area contributed by atoms with Crippen molar-refractivity contribution in [2.45, 2.75) is 19.9 Å². The van der Waals surface area contributed by atoms with Crippen molar-refractivity contribution >= 4 is 5.91 Å². The lowest BCUT2D eigenvalue weighted by atomic mass is 10.1. The summed E-state index contributed by atoms with van der Waals surface area (Å²) in [5.41, 5.74) is 2.45. The van der Waals surface area contributed by atoms with Crippen molar-refractivity contribution in [3.63, 3.8) is 0 Å². The average molecular weight is 240 g/mol. The number of hydrogen-bond acceptors (Lipinski definition) is 2. The van der Waals surface area contributed by atoms with Gasteiger partial charge in [-0.05, 0) is 31.0 Å². The molecule has 1 heterocycles. The highest BCUT2D eigenvalue weighted by Crippen LogP contribution is 2.12. The van der Waals surface area contributed by atoms with Crippen LogP contribution < -0.4 is 5.32 Å². The minimum atomic E-state index is -0.135. The van der Waals surface area contributed by atoms with Crippen LogP contribution in [0.2, 0.25) is 0 Å². The van der Waals surface area contributed by atoms with Gasteiger partial charge >= 0.3 is 0 Å². The molecule has 0 radical (unpaired) electrons. The number of amides is 1. The first-order chi connectivity index (χ1) is 8.68. The predicted octanol–water partition coefficient (Wildman–Crippen LogP) is 2.88. The molecule has 1 atom stereocenters. The van der Waals surface area contributed by atoms with E-state index in [9.17, 15) is 4.79 Å². The first-order valence-corrected chi connectivity index (χ1v) is 5.96. The monoisotopic (exact) mass is 240 g/mol. The van der Waals surface area contributed by atoms with Gasteiger partial charge in [0, 0.05) is 6.20 Å². The fourth-order valence-corrected chi connectivity index (χ4v) is 1.81. The van der Waals surface area contributed by atoms with Gasteiger partial charge in [-0.2, -0.15) is 0 Å². The molecule has 0 fully saturated rings. The average Bonchev–Trinajstić information content (AvgIpc) is 2.40. The molecule has 0 aliphatic rings. The van der Waals surface area contributed by atoms with E-state index in [1.165, 1.54) is 0 Å². The van der Waals surface area contributed by atoms with E-state index in [2.05, 4.69) is 10.3 Å². The maximum atomic E-state index is 12.1. The Hall–Kier alpha value is -2.16. The van der Waals surface area contributed by atoms with Gasteiger partial charge in [-0.25, -0.2) is 0 Å². The molecule has 0 saturated carbocycles. The van der Waals surface area contributed by atoms with Crippen LogP contribution in [0.1, 0.15) is 34.6 Å². The minimum Gasteiger partial charge on any atom is -0.344 e. The summed E-state index contributed by atoms with van der Waals surface area (Å²) >= 11 is 0. The lowest BCUT2D eigenvalue weighted by Gasteiger charge is -2.14. The van der Waals surface area contributed by atoms with Crippen molar-refractivity contribution in [1.29, 1.82) is 0 Å². The number of aromatic nitrogens is 1. The Kier molecular flexibility index (Phi) is 3.72. The second kappa shape index (κ2) is 5.45. The van der Waals surface area contributed by atoms with Crippen molar-refractivity contribution in [3.8, 4) is 0 Å². The van der Waals surface area contributed by atoms with Crippen LogP contribution in [0.25, 0.3) is 0 Å². The summed E-state index contributed by atoms with van der Waals surface area (Å²) in [7, 11) is 0. The first-order valence-electron chi connectivity index (χ1n) is 5.96. The summed E-state index contributed by atoms with van der Waals surface area (Å²) in [5.74, 6) is -0.135. The Morgan fingerprint density at radius 3 is 2.56 bits per heavy atom. The number of nitrogens with one attached hydrogen (secondary N) is 1. The molecule has 2 rings (SSSR count). The Morgan fingerprint density at radius 1 is 1.17 bits per heavy atom. The molecule has 0 saturated heterocycles. The van der Waals surface area contributed by atoms with Crippen LogP contribution >= 0.6 is 0 Å². The third-order valence-electron chi connectivity index (χ3n) is 2.87. The smallest absolute Gasteiger partial charge is 0.270 e. The molecule has 0 unspecified atom stereocenters. The zero-order valence-electron chi connectivity index (χ0n) is 10.6. The Morgan fingerprint density at radius 2 is 1.89 bits per heavy atom. The number of aryl methyl sites for hydroxylation is 1. The molecule has 1 N–H and O–H groups in total. The fraction of sp³-hybridized carbons (Fsp3) is 0.200. The molecular formula is C15H16N2O. The van der Waals surface area contributed by atoms with Gasteiger partial charge < -0.3 is 5.32 Å². The van der Waals surface area contributed by atoms with Crippen molar-refractivity contribution in [2.24, 2.45) is 0 Å². The Balaban J connectivity index is 2.11. The molecule has 18 heavy (non-hydrogen) atoms. The fourth-order valence-electron chi connectivity index (χ4n) is 1.81. The van der Waals surface area contributed by atoms with E-state index in [0.29, 0.717) is 5.69 Å². The highest BCUT2D eigenvalue weighted by atomic mass is 16.1. The van der Waals surface area contributed by atoms with Crippen LogP contribution in [0.3, 0.4) is 0 Å². The number of carbonyl (C=O) groups excluding carboxylic acids is 1. The number of pyridine rings is 1. The lowest BCUT2D eigenvalue weighted by molar-refractivity contribution is 0.0934. The van der Waals surface area contributed by atoms with Crippen LogP contribution in [0.4, 0.5) is 0 Å².